The van der Waals surface area contributed by atoms with Crippen LogP contribution in [0.3, 0.4) is 0 Å². The van der Waals surface area contributed by atoms with E-state index in [1.54, 1.807) is 23.1 Å². The molecular weight excluding hydrogens is 456 g/mol. The lowest BCUT2D eigenvalue weighted by Gasteiger charge is -2.37. The summed E-state index contributed by atoms with van der Waals surface area (Å²) in [5.74, 6) is 0. The lowest BCUT2D eigenvalue weighted by molar-refractivity contribution is -0.387. The van der Waals surface area contributed by atoms with Gasteiger partial charge in [0.1, 0.15) is 4.90 Å². The summed E-state index contributed by atoms with van der Waals surface area (Å²) in [5.41, 5.74) is -0.208. The number of piperidine rings is 1. The second kappa shape index (κ2) is 8.88. The summed E-state index contributed by atoms with van der Waals surface area (Å²) in [5, 5.41) is 11.2. The van der Waals surface area contributed by atoms with Gasteiger partial charge >= 0.3 is 10.1 Å². The third kappa shape index (κ3) is 4.91. The van der Waals surface area contributed by atoms with Crippen LogP contribution in [0.15, 0.2) is 58.3 Å². The van der Waals surface area contributed by atoms with Crippen molar-refractivity contribution >= 4 is 41.2 Å². The maximum Gasteiger partial charge on any atom is 0.303 e. The van der Waals surface area contributed by atoms with Crippen LogP contribution in [-0.2, 0) is 23.4 Å². The largest absolute Gasteiger partial charge is 0.365 e. The van der Waals surface area contributed by atoms with Gasteiger partial charge in [-0.3, -0.25) is 14.3 Å². The number of rotatable bonds is 7. The Bertz CT molecular complexity index is 1150. The third-order valence-electron chi connectivity index (χ3n) is 4.81. The fraction of sp³-hybridized carbons (Fsp3) is 0.333. The Morgan fingerprint density at radius 1 is 1.03 bits per heavy atom. The van der Waals surface area contributed by atoms with Gasteiger partial charge in [0, 0.05) is 23.3 Å². The Morgan fingerprint density at radius 3 is 2.33 bits per heavy atom. The lowest BCUT2D eigenvalue weighted by Crippen LogP contribution is -2.43. The molecule has 1 aliphatic heterocycles. The number of nitro benzene ring substituents is 1. The van der Waals surface area contributed by atoms with Crippen LogP contribution in [0.25, 0.3) is 0 Å². The van der Waals surface area contributed by atoms with Crippen molar-refractivity contribution in [1.82, 2.24) is 0 Å². The summed E-state index contributed by atoms with van der Waals surface area (Å²) in [6.45, 7) is 0.202. The number of nitro groups is 1. The molecule has 1 fully saturated rings. The maximum absolute atomic E-state index is 12.6. The predicted molar refractivity (Wildman–Crippen MR) is 111 cm³/mol. The molecule has 1 heterocycles. The molecule has 0 N–H and O–H groups in total. The van der Waals surface area contributed by atoms with Crippen LogP contribution in [0.1, 0.15) is 19.3 Å². The van der Waals surface area contributed by atoms with Crippen molar-refractivity contribution in [2.45, 2.75) is 35.1 Å². The van der Waals surface area contributed by atoms with Crippen LogP contribution < -0.4 is 4.90 Å². The third-order valence-corrected chi connectivity index (χ3v) is 7.51. The molecule has 3 rings (SSSR count). The molecule has 9 nitrogen and oxygen atoms in total. The zero-order valence-corrected chi connectivity index (χ0v) is 18.1. The topological polar surface area (TPSA) is 124 Å². The smallest absolute Gasteiger partial charge is 0.303 e. The minimum absolute atomic E-state index is 0.0693. The molecule has 0 aromatic heterocycles. The van der Waals surface area contributed by atoms with Crippen molar-refractivity contribution in [1.29, 1.82) is 0 Å². The molecule has 0 bridgehead atoms. The Balaban J connectivity index is 1.87. The number of nitrogens with zero attached hydrogens (tertiary/aromatic N) is 2. The van der Waals surface area contributed by atoms with E-state index in [0.717, 1.165) is 25.0 Å². The van der Waals surface area contributed by atoms with Crippen LogP contribution >= 0.6 is 10.7 Å². The van der Waals surface area contributed by atoms with Gasteiger partial charge < -0.3 is 4.90 Å². The highest BCUT2D eigenvalue weighted by molar-refractivity contribution is 8.13. The molecule has 1 saturated heterocycles. The van der Waals surface area contributed by atoms with E-state index in [1.807, 2.05) is 0 Å². The van der Waals surface area contributed by atoms with Crippen LogP contribution in [0.5, 0.6) is 0 Å². The zero-order chi connectivity index (χ0) is 21.9. The molecule has 12 heteroatoms. The van der Waals surface area contributed by atoms with Gasteiger partial charge in [-0.2, -0.15) is 8.42 Å². The van der Waals surface area contributed by atoms with E-state index in [-0.39, 0.29) is 11.5 Å². The van der Waals surface area contributed by atoms with Gasteiger partial charge in [-0.25, -0.2) is 8.42 Å². The van der Waals surface area contributed by atoms with E-state index in [0.29, 0.717) is 18.7 Å². The average Bonchev–Trinajstić information content (AvgIpc) is 2.72. The first kappa shape index (κ1) is 22.5. The molecule has 0 radical (unpaired) electrons. The number of benzene rings is 2. The van der Waals surface area contributed by atoms with Crippen molar-refractivity contribution < 1.29 is 25.9 Å². The fourth-order valence-corrected chi connectivity index (χ4v) is 5.62. The highest BCUT2D eigenvalue weighted by Crippen LogP contribution is 2.33. The molecule has 1 atom stereocenters. The summed E-state index contributed by atoms with van der Waals surface area (Å²) in [7, 11) is -2.84. The van der Waals surface area contributed by atoms with Crippen LogP contribution in [-0.4, -0.2) is 41.0 Å². The number of para-hydroxylation sites is 2. The van der Waals surface area contributed by atoms with E-state index < -0.39 is 40.7 Å². The second-order valence-corrected chi connectivity index (χ2v) is 10.8. The monoisotopic (exact) mass is 474 g/mol. The van der Waals surface area contributed by atoms with Gasteiger partial charge in [-0.15, -0.1) is 0 Å². The predicted octanol–water partition coefficient (Wildman–Crippen LogP) is 3.29. The minimum atomic E-state index is -4.39. The molecule has 1 unspecified atom stereocenters. The van der Waals surface area contributed by atoms with E-state index >= 15 is 0 Å². The molecular formula is C18H19ClN2O7S2. The summed E-state index contributed by atoms with van der Waals surface area (Å²) >= 11 is 0. The first-order valence-electron chi connectivity index (χ1n) is 9.04. The van der Waals surface area contributed by atoms with Gasteiger partial charge in [-0.05, 0) is 37.5 Å². The number of halogens is 1. The second-order valence-electron chi connectivity index (χ2n) is 6.71. The Morgan fingerprint density at radius 2 is 1.67 bits per heavy atom. The molecule has 0 amide bonds. The first-order chi connectivity index (χ1) is 14.1. The molecule has 1 aliphatic rings. The summed E-state index contributed by atoms with van der Waals surface area (Å²) in [4.78, 5) is 11.5. The number of hydrogen-bond acceptors (Lipinski definition) is 8. The standard InChI is InChI=1S/C18H19ClN2O7S2/c19-29(24,25)17-10-3-1-8-15(17)20-12-6-5-7-14(20)13-28-30(26,27)18-11-4-2-9-16(18)21(22)23/h1-4,8-11,14H,5-7,12-13H2. The summed E-state index contributed by atoms with van der Waals surface area (Å²) < 4.78 is 54.3. The highest BCUT2D eigenvalue weighted by atomic mass is 35.7. The molecule has 162 valence electrons. The van der Waals surface area contributed by atoms with Gasteiger partial charge in [0.25, 0.3) is 14.7 Å². The summed E-state index contributed by atoms with van der Waals surface area (Å²) in [6, 6.07) is 10.7. The van der Waals surface area contributed by atoms with Crippen LogP contribution in [0.2, 0.25) is 0 Å². The first-order valence-corrected chi connectivity index (χ1v) is 12.8. The zero-order valence-electron chi connectivity index (χ0n) is 15.7. The van der Waals surface area contributed by atoms with E-state index in [4.69, 9.17) is 14.9 Å². The van der Waals surface area contributed by atoms with Crippen LogP contribution in [0, 0.1) is 10.1 Å². The van der Waals surface area contributed by atoms with Gasteiger partial charge in [0.05, 0.1) is 23.3 Å². The van der Waals surface area contributed by atoms with Gasteiger partial charge in [0.2, 0.25) is 0 Å². The lowest BCUT2D eigenvalue weighted by atomic mass is 10.0. The Kier molecular flexibility index (Phi) is 6.65. The molecule has 30 heavy (non-hydrogen) atoms. The molecule has 0 aliphatic carbocycles. The van der Waals surface area contributed by atoms with Crippen molar-refractivity contribution in [2.75, 3.05) is 18.1 Å². The number of anilines is 1. The van der Waals surface area contributed by atoms with E-state index in [9.17, 15) is 26.9 Å². The van der Waals surface area contributed by atoms with E-state index in [2.05, 4.69) is 0 Å². The van der Waals surface area contributed by atoms with Crippen LogP contribution in [0.4, 0.5) is 11.4 Å². The Hall–Kier alpha value is -2.21. The van der Waals surface area contributed by atoms with Gasteiger partial charge in [0.15, 0.2) is 4.90 Å². The average molecular weight is 475 g/mol. The number of hydrogen-bond donors (Lipinski definition) is 0. The molecule has 2 aromatic carbocycles. The highest BCUT2D eigenvalue weighted by Gasteiger charge is 2.31. The summed E-state index contributed by atoms with van der Waals surface area (Å²) in [6.07, 6.45) is 2.14. The van der Waals surface area contributed by atoms with Gasteiger partial charge in [-0.1, -0.05) is 24.3 Å². The SMILES string of the molecule is O=[N+]([O-])c1ccccc1S(=O)(=O)OCC1CCCCN1c1ccccc1S(=O)(=O)Cl. The molecule has 0 spiro atoms. The molecule has 2 aromatic rings. The van der Waals surface area contributed by atoms with Crippen molar-refractivity contribution in [3.05, 3.63) is 58.6 Å². The van der Waals surface area contributed by atoms with Crippen molar-refractivity contribution in [2.24, 2.45) is 0 Å². The van der Waals surface area contributed by atoms with Crippen molar-refractivity contribution in [3.63, 3.8) is 0 Å². The normalized spacial score (nSPS) is 17.6. The maximum atomic E-state index is 12.6. The fourth-order valence-electron chi connectivity index (χ4n) is 3.44. The quantitative estimate of drug-likeness (QED) is 0.259. The van der Waals surface area contributed by atoms with Crippen molar-refractivity contribution in [3.8, 4) is 0 Å². The Labute approximate surface area is 178 Å². The minimum Gasteiger partial charge on any atom is -0.365 e. The van der Waals surface area contributed by atoms with E-state index in [1.165, 1.54) is 18.2 Å². The molecule has 0 saturated carbocycles.